The van der Waals surface area contributed by atoms with Gasteiger partial charge in [0.2, 0.25) is 0 Å². The maximum Gasteiger partial charge on any atom is 0.165 e. The molecule has 3 nitrogen and oxygen atoms in total. The van der Waals surface area contributed by atoms with Crippen LogP contribution in [0.15, 0.2) is 12.1 Å². The number of fused-ring (bicyclic) bond motifs is 1. The largest absolute Gasteiger partial charge is 0.490 e. The summed E-state index contributed by atoms with van der Waals surface area (Å²) in [5.74, 6) is -0.974. The standard InChI is InChI=1S/C12H14F2O3/c13-10-1-2-11(14)12-9(10)5-8(7-17-12)6-16-4-3-15/h1-2,8,15H,3-7H2/t8-/m1/s1. The van der Waals surface area contributed by atoms with Gasteiger partial charge in [-0.25, -0.2) is 8.78 Å². The van der Waals surface area contributed by atoms with Crippen LogP contribution in [0.5, 0.6) is 5.75 Å². The first-order valence-corrected chi connectivity index (χ1v) is 5.50. The highest BCUT2D eigenvalue weighted by Crippen LogP contribution is 2.32. The molecule has 1 aromatic carbocycles. The van der Waals surface area contributed by atoms with E-state index in [0.717, 1.165) is 12.1 Å². The van der Waals surface area contributed by atoms with Gasteiger partial charge in [-0.15, -0.1) is 0 Å². The molecule has 17 heavy (non-hydrogen) atoms. The zero-order valence-corrected chi connectivity index (χ0v) is 9.29. The Labute approximate surface area is 98.0 Å². The fraction of sp³-hybridized carbons (Fsp3) is 0.500. The van der Waals surface area contributed by atoms with Crippen molar-refractivity contribution in [3.05, 3.63) is 29.3 Å². The van der Waals surface area contributed by atoms with E-state index in [2.05, 4.69) is 0 Å². The van der Waals surface area contributed by atoms with E-state index in [-0.39, 0.29) is 30.4 Å². The lowest BCUT2D eigenvalue weighted by Crippen LogP contribution is -2.27. The minimum absolute atomic E-state index is 0.00894. The van der Waals surface area contributed by atoms with Crippen LogP contribution >= 0.6 is 0 Å². The lowest BCUT2D eigenvalue weighted by molar-refractivity contribution is 0.0475. The third kappa shape index (κ3) is 2.73. The first kappa shape index (κ1) is 12.3. The van der Waals surface area contributed by atoms with E-state index in [4.69, 9.17) is 14.6 Å². The first-order valence-electron chi connectivity index (χ1n) is 5.50. The Balaban J connectivity index is 2.05. The second-order valence-electron chi connectivity index (χ2n) is 4.02. The summed E-state index contributed by atoms with van der Waals surface area (Å²) in [6.45, 7) is 0.872. The Morgan fingerprint density at radius 2 is 2.12 bits per heavy atom. The average molecular weight is 244 g/mol. The molecule has 0 amide bonds. The molecular weight excluding hydrogens is 230 g/mol. The zero-order chi connectivity index (χ0) is 12.3. The number of aliphatic hydroxyl groups excluding tert-OH is 1. The lowest BCUT2D eigenvalue weighted by atomic mass is 9.97. The topological polar surface area (TPSA) is 38.7 Å². The van der Waals surface area contributed by atoms with Gasteiger partial charge in [0, 0.05) is 11.5 Å². The van der Waals surface area contributed by atoms with Crippen molar-refractivity contribution < 1.29 is 23.4 Å². The lowest BCUT2D eigenvalue weighted by Gasteiger charge is -2.25. The van der Waals surface area contributed by atoms with Crippen molar-refractivity contribution in [2.24, 2.45) is 5.92 Å². The third-order valence-corrected chi connectivity index (χ3v) is 2.70. The number of rotatable bonds is 4. The van der Waals surface area contributed by atoms with Crippen LogP contribution in [0.4, 0.5) is 8.78 Å². The molecule has 1 atom stereocenters. The number of halogens is 2. The molecule has 1 heterocycles. The van der Waals surface area contributed by atoms with E-state index in [0.29, 0.717) is 19.6 Å². The summed E-state index contributed by atoms with van der Waals surface area (Å²) >= 11 is 0. The number of hydrogen-bond donors (Lipinski definition) is 1. The molecule has 0 spiro atoms. The van der Waals surface area contributed by atoms with Crippen molar-refractivity contribution in [1.82, 2.24) is 0 Å². The molecule has 0 aliphatic carbocycles. The zero-order valence-electron chi connectivity index (χ0n) is 9.29. The minimum atomic E-state index is -0.531. The maximum absolute atomic E-state index is 13.5. The van der Waals surface area contributed by atoms with Crippen LogP contribution in [0.25, 0.3) is 0 Å². The minimum Gasteiger partial charge on any atom is -0.490 e. The highest BCUT2D eigenvalue weighted by molar-refractivity contribution is 5.38. The van der Waals surface area contributed by atoms with Gasteiger partial charge in [-0.2, -0.15) is 0 Å². The molecule has 0 saturated heterocycles. The summed E-state index contributed by atoms with van der Waals surface area (Å²) in [5, 5.41) is 8.57. The molecule has 0 radical (unpaired) electrons. The predicted molar refractivity (Wildman–Crippen MR) is 57.0 cm³/mol. The summed E-state index contributed by atoms with van der Waals surface area (Å²) in [6.07, 6.45) is 0.393. The molecular formula is C12H14F2O3. The number of aliphatic hydroxyl groups is 1. The highest BCUT2D eigenvalue weighted by Gasteiger charge is 2.25. The van der Waals surface area contributed by atoms with Gasteiger partial charge >= 0.3 is 0 Å². The van der Waals surface area contributed by atoms with Gasteiger partial charge in [-0.3, -0.25) is 0 Å². The van der Waals surface area contributed by atoms with Crippen molar-refractivity contribution >= 4 is 0 Å². The molecule has 0 unspecified atom stereocenters. The van der Waals surface area contributed by atoms with E-state index in [1.165, 1.54) is 0 Å². The van der Waals surface area contributed by atoms with Crippen LogP contribution in [0.2, 0.25) is 0 Å². The smallest absolute Gasteiger partial charge is 0.165 e. The van der Waals surface area contributed by atoms with E-state index in [9.17, 15) is 8.78 Å². The van der Waals surface area contributed by atoms with Crippen molar-refractivity contribution in [3.8, 4) is 5.75 Å². The summed E-state index contributed by atoms with van der Waals surface area (Å²) in [5.41, 5.74) is 0.272. The van der Waals surface area contributed by atoms with Crippen LogP contribution in [0.1, 0.15) is 5.56 Å². The summed E-state index contributed by atoms with van der Waals surface area (Å²) < 4.78 is 37.2. The van der Waals surface area contributed by atoms with E-state index >= 15 is 0 Å². The van der Waals surface area contributed by atoms with Crippen LogP contribution < -0.4 is 4.74 Å². The fourth-order valence-corrected chi connectivity index (χ4v) is 1.89. The molecule has 0 fully saturated rings. The van der Waals surface area contributed by atoms with Crippen LogP contribution in [-0.4, -0.2) is 31.5 Å². The summed E-state index contributed by atoms with van der Waals surface area (Å²) in [4.78, 5) is 0. The Bertz CT molecular complexity index is 396. The van der Waals surface area contributed by atoms with E-state index < -0.39 is 11.6 Å². The predicted octanol–water partition coefficient (Wildman–Crippen LogP) is 1.52. The fourth-order valence-electron chi connectivity index (χ4n) is 1.89. The quantitative estimate of drug-likeness (QED) is 0.816. The summed E-state index contributed by atoms with van der Waals surface area (Å²) in [7, 11) is 0. The monoisotopic (exact) mass is 244 g/mol. The first-order chi connectivity index (χ1) is 8.22. The van der Waals surface area contributed by atoms with Gasteiger partial charge in [0.25, 0.3) is 0 Å². The number of benzene rings is 1. The molecule has 1 aliphatic heterocycles. The Morgan fingerprint density at radius 1 is 1.35 bits per heavy atom. The Kier molecular flexibility index (Phi) is 3.91. The van der Waals surface area contributed by atoms with Gasteiger partial charge in [0.15, 0.2) is 11.6 Å². The van der Waals surface area contributed by atoms with Crippen LogP contribution in [-0.2, 0) is 11.2 Å². The van der Waals surface area contributed by atoms with Gasteiger partial charge in [0.05, 0.1) is 26.4 Å². The van der Waals surface area contributed by atoms with Gasteiger partial charge in [-0.05, 0) is 18.6 Å². The second-order valence-corrected chi connectivity index (χ2v) is 4.02. The van der Waals surface area contributed by atoms with Crippen LogP contribution in [0.3, 0.4) is 0 Å². The summed E-state index contributed by atoms with van der Waals surface area (Å²) in [6, 6.07) is 2.17. The molecule has 5 heteroatoms. The van der Waals surface area contributed by atoms with Crippen molar-refractivity contribution in [2.45, 2.75) is 6.42 Å². The number of ether oxygens (including phenoxy) is 2. The second kappa shape index (κ2) is 5.42. The molecule has 0 saturated carbocycles. The SMILES string of the molecule is OCCOC[C@@H]1COc2c(F)ccc(F)c2C1. The van der Waals surface area contributed by atoms with Gasteiger partial charge < -0.3 is 14.6 Å². The Hall–Kier alpha value is -1.20. The number of hydrogen-bond acceptors (Lipinski definition) is 3. The van der Waals surface area contributed by atoms with Gasteiger partial charge in [-0.1, -0.05) is 0 Å². The van der Waals surface area contributed by atoms with Crippen molar-refractivity contribution in [2.75, 3.05) is 26.4 Å². The van der Waals surface area contributed by atoms with Gasteiger partial charge in [0.1, 0.15) is 5.82 Å². The maximum atomic E-state index is 13.5. The van der Waals surface area contributed by atoms with E-state index in [1.807, 2.05) is 0 Å². The van der Waals surface area contributed by atoms with E-state index in [1.54, 1.807) is 0 Å². The van der Waals surface area contributed by atoms with Crippen LogP contribution in [0, 0.1) is 17.6 Å². The third-order valence-electron chi connectivity index (χ3n) is 2.70. The average Bonchev–Trinajstić information content (AvgIpc) is 2.34. The molecule has 1 aliphatic rings. The molecule has 1 aromatic rings. The molecule has 0 aromatic heterocycles. The molecule has 0 bridgehead atoms. The Morgan fingerprint density at radius 3 is 2.88 bits per heavy atom. The highest BCUT2D eigenvalue weighted by atomic mass is 19.1. The molecule has 2 rings (SSSR count). The van der Waals surface area contributed by atoms with Crippen molar-refractivity contribution in [3.63, 3.8) is 0 Å². The normalized spacial score (nSPS) is 18.6. The molecule has 1 N–H and O–H groups in total. The van der Waals surface area contributed by atoms with Crippen molar-refractivity contribution in [1.29, 1.82) is 0 Å². The molecule has 94 valence electrons.